The van der Waals surface area contributed by atoms with Crippen molar-refractivity contribution >= 4 is 8.07 Å². The van der Waals surface area contributed by atoms with Gasteiger partial charge in [0, 0.05) is 14.7 Å². The Labute approximate surface area is 150 Å². The summed E-state index contributed by atoms with van der Waals surface area (Å²) in [5.74, 6) is 0. The molecule has 0 aromatic heterocycles. The van der Waals surface area contributed by atoms with Crippen molar-refractivity contribution in [3.8, 4) is 0 Å². The molecular weight excluding hydrogens is 340 g/mol. The minimum Gasteiger partial charge on any atom is -0.394 e. The lowest BCUT2D eigenvalue weighted by Gasteiger charge is -2.41. The Balaban J connectivity index is 1.97. The van der Waals surface area contributed by atoms with Gasteiger partial charge in [-0.05, 0) is 11.6 Å². The quantitative estimate of drug-likeness (QED) is 0.599. The number of aliphatic hydroxyl groups excluding tert-OH is 3. The van der Waals surface area contributed by atoms with Crippen molar-refractivity contribution in [3.63, 3.8) is 0 Å². The first-order valence-corrected chi connectivity index (χ1v) is 12.4. The highest BCUT2D eigenvalue weighted by atomic mass is 28.3. The summed E-state index contributed by atoms with van der Waals surface area (Å²) < 4.78 is 17.0. The van der Waals surface area contributed by atoms with E-state index in [9.17, 15) is 15.3 Å². The Bertz CT molecular complexity index is 506. The lowest BCUT2D eigenvalue weighted by atomic mass is 9.99. The van der Waals surface area contributed by atoms with E-state index >= 15 is 0 Å². The highest BCUT2D eigenvalue weighted by molar-refractivity contribution is 6.76. The molecule has 25 heavy (non-hydrogen) atoms. The highest BCUT2D eigenvalue weighted by Crippen LogP contribution is 2.25. The van der Waals surface area contributed by atoms with Crippen LogP contribution in [0.5, 0.6) is 0 Å². The average Bonchev–Trinajstić information content (AvgIpc) is 2.56. The summed E-state index contributed by atoms with van der Waals surface area (Å²) in [5, 5.41) is 30.3. The first-order chi connectivity index (χ1) is 11.8. The summed E-state index contributed by atoms with van der Waals surface area (Å²) in [4.78, 5) is 0. The molecule has 3 N–H and O–H groups in total. The van der Waals surface area contributed by atoms with Crippen molar-refractivity contribution in [2.24, 2.45) is 0 Å². The molecular formula is C18H30O6Si. The van der Waals surface area contributed by atoms with Crippen LogP contribution in [0.4, 0.5) is 0 Å². The van der Waals surface area contributed by atoms with Crippen molar-refractivity contribution < 1.29 is 29.5 Å². The Morgan fingerprint density at radius 1 is 1.04 bits per heavy atom. The van der Waals surface area contributed by atoms with Gasteiger partial charge in [-0.15, -0.1) is 0 Å². The molecule has 1 aliphatic heterocycles. The maximum absolute atomic E-state index is 10.5. The van der Waals surface area contributed by atoms with Crippen LogP contribution in [0.25, 0.3) is 0 Å². The van der Waals surface area contributed by atoms with E-state index in [1.807, 2.05) is 30.3 Å². The molecule has 0 unspecified atom stereocenters. The van der Waals surface area contributed by atoms with Gasteiger partial charge in [-0.2, -0.15) is 0 Å². The fraction of sp³-hybridized carbons (Fsp3) is 0.667. The van der Waals surface area contributed by atoms with E-state index < -0.39 is 38.8 Å². The standard InChI is InChI=1S/C18H30O6Si/c1-25(2,3)10-9-22-18-16(21)17(15(20)14(11-19)24-18)23-12-13-7-5-4-6-8-13/h4-8,14-21H,9-12H2,1-3H3/t14-,15-,16-,17+,18-/m1/s1. The molecule has 0 bridgehead atoms. The summed E-state index contributed by atoms with van der Waals surface area (Å²) >= 11 is 0. The van der Waals surface area contributed by atoms with E-state index in [0.29, 0.717) is 6.61 Å². The molecule has 0 saturated carbocycles. The summed E-state index contributed by atoms with van der Waals surface area (Å²) in [6.45, 7) is 7.06. The van der Waals surface area contributed by atoms with Crippen LogP contribution in [-0.4, -0.2) is 67.3 Å². The molecule has 0 amide bonds. The number of rotatable bonds is 8. The van der Waals surface area contributed by atoms with Gasteiger partial charge in [-0.1, -0.05) is 50.0 Å². The Hall–Kier alpha value is -0.803. The lowest BCUT2D eigenvalue weighted by Crippen LogP contribution is -2.60. The van der Waals surface area contributed by atoms with Gasteiger partial charge < -0.3 is 29.5 Å². The van der Waals surface area contributed by atoms with E-state index in [2.05, 4.69) is 19.6 Å². The maximum Gasteiger partial charge on any atom is 0.186 e. The minimum absolute atomic E-state index is 0.249. The number of benzene rings is 1. The van der Waals surface area contributed by atoms with Crippen molar-refractivity contribution in [2.45, 2.75) is 63.0 Å². The topological polar surface area (TPSA) is 88.4 Å². The molecule has 142 valence electrons. The molecule has 1 heterocycles. The van der Waals surface area contributed by atoms with Gasteiger partial charge in [0.25, 0.3) is 0 Å². The normalized spacial score (nSPS) is 30.4. The Morgan fingerprint density at radius 3 is 2.32 bits per heavy atom. The van der Waals surface area contributed by atoms with Crippen LogP contribution in [0.15, 0.2) is 30.3 Å². The zero-order chi connectivity index (χ0) is 18.4. The molecule has 1 aromatic carbocycles. The number of ether oxygens (including phenoxy) is 3. The third-order valence-corrected chi connectivity index (χ3v) is 5.95. The van der Waals surface area contributed by atoms with Gasteiger partial charge in [-0.25, -0.2) is 0 Å². The summed E-state index contributed by atoms with van der Waals surface area (Å²) in [6.07, 6.45) is -4.90. The molecule has 6 nitrogen and oxygen atoms in total. The zero-order valence-electron chi connectivity index (χ0n) is 15.2. The first kappa shape index (κ1) is 20.5. The minimum atomic E-state index is -1.27. The molecule has 2 rings (SSSR count). The van der Waals surface area contributed by atoms with E-state index in [1.165, 1.54) is 0 Å². The molecule has 5 atom stereocenters. The molecule has 1 saturated heterocycles. The van der Waals surface area contributed by atoms with Crippen molar-refractivity contribution in [1.29, 1.82) is 0 Å². The summed E-state index contributed by atoms with van der Waals surface area (Å²) in [7, 11) is -1.27. The van der Waals surface area contributed by atoms with E-state index in [-0.39, 0.29) is 13.2 Å². The fourth-order valence-corrected chi connectivity index (χ4v) is 3.37. The molecule has 0 radical (unpaired) electrons. The van der Waals surface area contributed by atoms with Crippen LogP contribution in [0.1, 0.15) is 5.56 Å². The summed E-state index contributed by atoms with van der Waals surface area (Å²) in [5.41, 5.74) is 0.935. The number of hydrogen-bond donors (Lipinski definition) is 3. The van der Waals surface area contributed by atoms with Gasteiger partial charge in [0.2, 0.25) is 0 Å². The van der Waals surface area contributed by atoms with Crippen LogP contribution < -0.4 is 0 Å². The second-order valence-corrected chi connectivity index (χ2v) is 13.3. The Kier molecular flexibility index (Phi) is 7.57. The second-order valence-electron chi connectivity index (χ2n) is 7.65. The van der Waals surface area contributed by atoms with E-state index in [4.69, 9.17) is 14.2 Å². The van der Waals surface area contributed by atoms with E-state index in [0.717, 1.165) is 11.6 Å². The lowest BCUT2D eigenvalue weighted by molar-refractivity contribution is -0.308. The van der Waals surface area contributed by atoms with Crippen molar-refractivity contribution in [2.75, 3.05) is 13.2 Å². The predicted molar refractivity (Wildman–Crippen MR) is 96.9 cm³/mol. The van der Waals surface area contributed by atoms with Crippen LogP contribution in [0, 0.1) is 0 Å². The van der Waals surface area contributed by atoms with Crippen molar-refractivity contribution in [3.05, 3.63) is 35.9 Å². The predicted octanol–water partition coefficient (Wildman–Crippen LogP) is 1.37. The van der Waals surface area contributed by atoms with Crippen molar-refractivity contribution in [1.82, 2.24) is 0 Å². The SMILES string of the molecule is C[Si](C)(C)CCO[C@@H]1O[C@H](CO)[C@@H](O)[C@H](OCc2ccccc2)[C@H]1O. The Morgan fingerprint density at radius 2 is 1.72 bits per heavy atom. The highest BCUT2D eigenvalue weighted by Gasteiger charge is 2.45. The van der Waals surface area contributed by atoms with Gasteiger partial charge in [-0.3, -0.25) is 0 Å². The van der Waals surface area contributed by atoms with Crippen LogP contribution in [0.2, 0.25) is 25.7 Å². The van der Waals surface area contributed by atoms with Gasteiger partial charge in [0.05, 0.1) is 13.2 Å². The largest absolute Gasteiger partial charge is 0.394 e. The van der Waals surface area contributed by atoms with Gasteiger partial charge >= 0.3 is 0 Å². The smallest absolute Gasteiger partial charge is 0.186 e. The van der Waals surface area contributed by atoms with Crippen LogP contribution >= 0.6 is 0 Å². The zero-order valence-corrected chi connectivity index (χ0v) is 16.2. The molecule has 1 fully saturated rings. The first-order valence-electron chi connectivity index (χ1n) is 8.71. The average molecular weight is 371 g/mol. The fourth-order valence-electron chi connectivity index (χ4n) is 2.64. The number of aliphatic hydroxyl groups is 3. The third-order valence-electron chi connectivity index (χ3n) is 4.24. The number of hydrogen-bond acceptors (Lipinski definition) is 6. The van der Waals surface area contributed by atoms with E-state index in [1.54, 1.807) is 0 Å². The molecule has 1 aromatic rings. The van der Waals surface area contributed by atoms with Gasteiger partial charge in [0.1, 0.15) is 24.4 Å². The third kappa shape index (κ3) is 6.14. The van der Waals surface area contributed by atoms with Crippen LogP contribution in [-0.2, 0) is 20.8 Å². The van der Waals surface area contributed by atoms with Gasteiger partial charge in [0.15, 0.2) is 6.29 Å². The summed E-state index contributed by atoms with van der Waals surface area (Å²) in [6, 6.07) is 10.4. The second kappa shape index (κ2) is 9.23. The molecule has 7 heteroatoms. The molecule has 0 aliphatic carbocycles. The molecule has 1 aliphatic rings. The maximum atomic E-state index is 10.5. The molecule has 0 spiro atoms. The van der Waals surface area contributed by atoms with Crippen LogP contribution in [0.3, 0.4) is 0 Å². The monoisotopic (exact) mass is 370 g/mol.